The standard InChI is InChI=1S/C12H23NO3/c1-9(14)8-10-6-5-7-13(10)11(15)16-12(2,3)4/h9-10,14H,5-8H2,1-4H3. The van der Waals surface area contributed by atoms with Gasteiger partial charge >= 0.3 is 6.09 Å². The van der Waals surface area contributed by atoms with E-state index in [9.17, 15) is 9.90 Å². The largest absolute Gasteiger partial charge is 0.444 e. The monoisotopic (exact) mass is 229 g/mol. The van der Waals surface area contributed by atoms with Crippen LogP contribution in [-0.4, -0.2) is 40.4 Å². The summed E-state index contributed by atoms with van der Waals surface area (Å²) in [5, 5.41) is 9.37. The maximum atomic E-state index is 11.9. The minimum absolute atomic E-state index is 0.134. The molecule has 1 saturated heterocycles. The van der Waals surface area contributed by atoms with E-state index in [0.29, 0.717) is 6.42 Å². The molecule has 16 heavy (non-hydrogen) atoms. The minimum atomic E-state index is -0.449. The molecule has 0 aliphatic carbocycles. The molecule has 1 rings (SSSR count). The van der Waals surface area contributed by atoms with Crippen LogP contribution in [0, 0.1) is 0 Å². The third-order valence-corrected chi connectivity index (χ3v) is 2.62. The molecule has 1 amide bonds. The predicted molar refractivity (Wildman–Crippen MR) is 62.3 cm³/mol. The number of aliphatic hydroxyl groups excluding tert-OH is 1. The molecule has 0 aromatic heterocycles. The quantitative estimate of drug-likeness (QED) is 0.789. The van der Waals surface area contributed by atoms with E-state index in [4.69, 9.17) is 4.74 Å². The second-order valence-corrected chi connectivity index (χ2v) is 5.55. The Labute approximate surface area is 97.6 Å². The number of amides is 1. The topological polar surface area (TPSA) is 49.8 Å². The fourth-order valence-electron chi connectivity index (χ4n) is 2.04. The van der Waals surface area contributed by atoms with Crippen LogP contribution >= 0.6 is 0 Å². The lowest BCUT2D eigenvalue weighted by atomic mass is 10.1. The first-order chi connectivity index (χ1) is 7.29. The molecule has 0 aromatic carbocycles. The predicted octanol–water partition coefficient (Wildman–Crippen LogP) is 2.16. The van der Waals surface area contributed by atoms with E-state index in [2.05, 4.69) is 0 Å². The first-order valence-electron chi connectivity index (χ1n) is 5.97. The summed E-state index contributed by atoms with van der Waals surface area (Å²) in [7, 11) is 0. The lowest BCUT2D eigenvalue weighted by Crippen LogP contribution is -2.40. The second-order valence-electron chi connectivity index (χ2n) is 5.55. The summed E-state index contributed by atoms with van der Waals surface area (Å²) in [4.78, 5) is 13.6. The second kappa shape index (κ2) is 5.04. The van der Waals surface area contributed by atoms with Crippen molar-refractivity contribution in [3.8, 4) is 0 Å². The molecule has 94 valence electrons. The summed E-state index contributed by atoms with van der Waals surface area (Å²) in [5.74, 6) is 0. The number of hydrogen-bond acceptors (Lipinski definition) is 3. The average Bonchev–Trinajstić information content (AvgIpc) is 2.47. The molecule has 1 aliphatic heterocycles. The van der Waals surface area contributed by atoms with Gasteiger partial charge in [-0.05, 0) is 47.0 Å². The van der Waals surface area contributed by atoms with E-state index >= 15 is 0 Å². The Morgan fingerprint density at radius 1 is 1.56 bits per heavy atom. The van der Waals surface area contributed by atoms with Gasteiger partial charge in [-0.1, -0.05) is 0 Å². The maximum Gasteiger partial charge on any atom is 0.410 e. The van der Waals surface area contributed by atoms with Crippen LogP contribution in [0.3, 0.4) is 0 Å². The molecular weight excluding hydrogens is 206 g/mol. The third kappa shape index (κ3) is 4.00. The molecule has 2 unspecified atom stereocenters. The normalized spacial score (nSPS) is 23.3. The van der Waals surface area contributed by atoms with Crippen molar-refractivity contribution in [3.05, 3.63) is 0 Å². The van der Waals surface area contributed by atoms with Gasteiger partial charge in [0.15, 0.2) is 0 Å². The van der Waals surface area contributed by atoms with E-state index < -0.39 is 5.60 Å². The first kappa shape index (κ1) is 13.3. The molecule has 1 heterocycles. The molecule has 0 aromatic rings. The van der Waals surface area contributed by atoms with Gasteiger partial charge in [0, 0.05) is 12.6 Å². The van der Waals surface area contributed by atoms with Crippen LogP contribution in [0.1, 0.15) is 47.0 Å². The lowest BCUT2D eigenvalue weighted by Gasteiger charge is -2.29. The Morgan fingerprint density at radius 2 is 2.19 bits per heavy atom. The zero-order valence-corrected chi connectivity index (χ0v) is 10.7. The van der Waals surface area contributed by atoms with Crippen molar-refractivity contribution in [3.63, 3.8) is 0 Å². The Morgan fingerprint density at radius 3 is 2.69 bits per heavy atom. The van der Waals surface area contributed by atoms with Crippen molar-refractivity contribution in [2.24, 2.45) is 0 Å². The molecule has 0 saturated carbocycles. The van der Waals surface area contributed by atoms with E-state index in [1.807, 2.05) is 20.8 Å². The molecular formula is C12H23NO3. The maximum absolute atomic E-state index is 11.9. The zero-order chi connectivity index (χ0) is 12.3. The van der Waals surface area contributed by atoms with E-state index in [1.54, 1.807) is 11.8 Å². The van der Waals surface area contributed by atoms with Gasteiger partial charge < -0.3 is 14.7 Å². The smallest absolute Gasteiger partial charge is 0.410 e. The lowest BCUT2D eigenvalue weighted by molar-refractivity contribution is 0.0187. The highest BCUT2D eigenvalue weighted by Crippen LogP contribution is 2.23. The summed E-state index contributed by atoms with van der Waals surface area (Å²) in [6.07, 6.45) is 1.98. The highest BCUT2D eigenvalue weighted by Gasteiger charge is 2.32. The molecule has 0 spiro atoms. The molecule has 4 heteroatoms. The summed E-state index contributed by atoms with van der Waals surface area (Å²) >= 11 is 0. The van der Waals surface area contributed by atoms with Gasteiger partial charge in [-0.3, -0.25) is 0 Å². The Bertz CT molecular complexity index is 245. The molecule has 0 radical (unpaired) electrons. The van der Waals surface area contributed by atoms with Crippen molar-refractivity contribution in [2.75, 3.05) is 6.54 Å². The van der Waals surface area contributed by atoms with E-state index in [1.165, 1.54) is 0 Å². The van der Waals surface area contributed by atoms with Crippen LogP contribution in [0.5, 0.6) is 0 Å². The highest BCUT2D eigenvalue weighted by molar-refractivity contribution is 5.68. The zero-order valence-electron chi connectivity index (χ0n) is 10.7. The van der Waals surface area contributed by atoms with Crippen molar-refractivity contribution in [2.45, 2.75) is 64.7 Å². The van der Waals surface area contributed by atoms with Crippen molar-refractivity contribution in [1.82, 2.24) is 4.90 Å². The van der Waals surface area contributed by atoms with E-state index in [0.717, 1.165) is 19.4 Å². The summed E-state index contributed by atoms with van der Waals surface area (Å²) in [6, 6.07) is 0.134. The van der Waals surface area contributed by atoms with Crippen LogP contribution in [0.4, 0.5) is 4.79 Å². The molecule has 1 aliphatic rings. The molecule has 0 bridgehead atoms. The number of nitrogens with zero attached hydrogens (tertiary/aromatic N) is 1. The number of likely N-dealkylation sites (tertiary alicyclic amines) is 1. The highest BCUT2D eigenvalue weighted by atomic mass is 16.6. The number of ether oxygens (including phenoxy) is 1. The van der Waals surface area contributed by atoms with Crippen LogP contribution in [0.25, 0.3) is 0 Å². The number of rotatable bonds is 2. The van der Waals surface area contributed by atoms with Gasteiger partial charge in [-0.25, -0.2) is 4.79 Å². The molecule has 4 nitrogen and oxygen atoms in total. The van der Waals surface area contributed by atoms with Crippen LogP contribution in [0.2, 0.25) is 0 Å². The van der Waals surface area contributed by atoms with Gasteiger partial charge in [0.25, 0.3) is 0 Å². The van der Waals surface area contributed by atoms with Gasteiger partial charge in [-0.2, -0.15) is 0 Å². The Hall–Kier alpha value is -0.770. The minimum Gasteiger partial charge on any atom is -0.444 e. The molecule has 1 fully saturated rings. The Balaban J connectivity index is 2.54. The van der Waals surface area contributed by atoms with E-state index in [-0.39, 0.29) is 18.2 Å². The molecule has 1 N–H and O–H groups in total. The third-order valence-electron chi connectivity index (χ3n) is 2.62. The van der Waals surface area contributed by atoms with Crippen molar-refractivity contribution < 1.29 is 14.6 Å². The fraction of sp³-hybridized carbons (Fsp3) is 0.917. The van der Waals surface area contributed by atoms with Crippen molar-refractivity contribution in [1.29, 1.82) is 0 Å². The Kier molecular flexibility index (Phi) is 4.19. The summed E-state index contributed by atoms with van der Waals surface area (Å²) in [5.41, 5.74) is -0.449. The first-order valence-corrected chi connectivity index (χ1v) is 5.97. The van der Waals surface area contributed by atoms with Crippen molar-refractivity contribution >= 4 is 6.09 Å². The number of hydrogen-bond donors (Lipinski definition) is 1. The molecule has 2 atom stereocenters. The fourth-order valence-corrected chi connectivity index (χ4v) is 2.04. The van der Waals surface area contributed by atoms with Crippen LogP contribution in [0.15, 0.2) is 0 Å². The SMILES string of the molecule is CC(O)CC1CCCN1C(=O)OC(C)(C)C. The summed E-state index contributed by atoms with van der Waals surface area (Å²) < 4.78 is 5.34. The number of carbonyl (C=O) groups is 1. The number of aliphatic hydroxyl groups is 1. The van der Waals surface area contributed by atoms with Gasteiger partial charge in [0.05, 0.1) is 6.10 Å². The van der Waals surface area contributed by atoms with Gasteiger partial charge in [0.2, 0.25) is 0 Å². The summed E-state index contributed by atoms with van der Waals surface area (Å²) in [6.45, 7) is 8.10. The average molecular weight is 229 g/mol. The van der Waals surface area contributed by atoms with Crippen LogP contribution in [-0.2, 0) is 4.74 Å². The van der Waals surface area contributed by atoms with Gasteiger partial charge in [-0.15, -0.1) is 0 Å². The van der Waals surface area contributed by atoms with Crippen LogP contribution < -0.4 is 0 Å². The van der Waals surface area contributed by atoms with Gasteiger partial charge in [0.1, 0.15) is 5.60 Å². The number of carbonyl (C=O) groups excluding carboxylic acids is 1.